The van der Waals surface area contributed by atoms with Gasteiger partial charge in [-0.3, -0.25) is 5.10 Å². The van der Waals surface area contributed by atoms with Crippen molar-refractivity contribution in [2.24, 2.45) is 0 Å². The van der Waals surface area contributed by atoms with Crippen LogP contribution < -0.4 is 9.64 Å². The molecule has 2 heterocycles. The molecule has 1 aromatic heterocycles. The minimum absolute atomic E-state index is 0.627. The molecule has 4 rings (SSSR count). The van der Waals surface area contributed by atoms with Crippen molar-refractivity contribution >= 4 is 17.3 Å². The second kappa shape index (κ2) is 8.70. The van der Waals surface area contributed by atoms with Crippen LogP contribution in [0.15, 0.2) is 42.5 Å². The lowest BCUT2D eigenvalue weighted by atomic mass is 9.92. The molecule has 158 valence electrons. The van der Waals surface area contributed by atoms with Crippen LogP contribution in [0, 0.1) is 6.92 Å². The SMILES string of the molecule is COc1ccc(N2CCC(N(C)C)CC2)c(-c2cccc(Cl)c2)c1-c1cc(C)[nH]n1. The number of ether oxygens (including phenoxy) is 1. The van der Waals surface area contributed by atoms with E-state index in [1.165, 1.54) is 5.69 Å². The molecule has 0 atom stereocenters. The number of aromatic nitrogens is 2. The van der Waals surface area contributed by atoms with Crippen LogP contribution in [0.5, 0.6) is 5.75 Å². The van der Waals surface area contributed by atoms with Crippen molar-refractivity contribution in [3.63, 3.8) is 0 Å². The summed E-state index contributed by atoms with van der Waals surface area (Å²) in [6, 6.07) is 15.0. The molecule has 2 aromatic carbocycles. The number of anilines is 1. The first-order valence-corrected chi connectivity index (χ1v) is 10.8. The van der Waals surface area contributed by atoms with E-state index in [1.807, 2.05) is 25.1 Å². The van der Waals surface area contributed by atoms with Crippen LogP contribution in [0.3, 0.4) is 0 Å². The number of methoxy groups -OCH3 is 1. The fraction of sp³-hybridized carbons (Fsp3) is 0.375. The van der Waals surface area contributed by atoms with Crippen molar-refractivity contribution in [3.8, 4) is 28.1 Å². The highest BCUT2D eigenvalue weighted by molar-refractivity contribution is 6.31. The Morgan fingerprint density at radius 2 is 1.87 bits per heavy atom. The molecule has 30 heavy (non-hydrogen) atoms. The summed E-state index contributed by atoms with van der Waals surface area (Å²) in [6.45, 7) is 4.04. The molecular weight excluding hydrogens is 396 g/mol. The Hall–Kier alpha value is -2.50. The van der Waals surface area contributed by atoms with Crippen molar-refractivity contribution < 1.29 is 4.74 Å². The summed E-state index contributed by atoms with van der Waals surface area (Å²) >= 11 is 6.39. The van der Waals surface area contributed by atoms with Gasteiger partial charge < -0.3 is 14.5 Å². The third kappa shape index (κ3) is 4.05. The van der Waals surface area contributed by atoms with Gasteiger partial charge in [0.2, 0.25) is 0 Å². The van der Waals surface area contributed by atoms with Crippen LogP contribution in [0.4, 0.5) is 5.69 Å². The quantitative estimate of drug-likeness (QED) is 0.608. The van der Waals surface area contributed by atoms with E-state index in [9.17, 15) is 0 Å². The molecule has 5 nitrogen and oxygen atoms in total. The van der Waals surface area contributed by atoms with Crippen molar-refractivity contribution in [3.05, 3.63) is 53.2 Å². The molecule has 0 bridgehead atoms. The lowest BCUT2D eigenvalue weighted by Gasteiger charge is -2.38. The first kappa shape index (κ1) is 20.8. The van der Waals surface area contributed by atoms with Crippen molar-refractivity contribution in [2.75, 3.05) is 39.2 Å². The molecular formula is C24H29ClN4O. The number of aryl methyl sites for hydroxylation is 1. The number of nitrogens with zero attached hydrogens (tertiary/aromatic N) is 3. The number of piperidine rings is 1. The molecule has 3 aromatic rings. The molecule has 1 aliphatic rings. The second-order valence-corrected chi connectivity index (χ2v) is 8.60. The normalized spacial score (nSPS) is 15.1. The van der Waals surface area contributed by atoms with E-state index < -0.39 is 0 Å². The summed E-state index contributed by atoms with van der Waals surface area (Å²) < 4.78 is 5.78. The predicted molar refractivity (Wildman–Crippen MR) is 125 cm³/mol. The first-order valence-electron chi connectivity index (χ1n) is 10.4. The predicted octanol–water partition coefficient (Wildman–Crippen LogP) is 5.24. The zero-order valence-electron chi connectivity index (χ0n) is 18.1. The fourth-order valence-corrected chi connectivity index (χ4v) is 4.56. The van der Waals surface area contributed by atoms with Gasteiger partial charge in [0.1, 0.15) is 5.75 Å². The maximum atomic E-state index is 6.39. The van der Waals surface area contributed by atoms with Crippen molar-refractivity contribution in [1.82, 2.24) is 15.1 Å². The van der Waals surface area contributed by atoms with Crippen LogP contribution in [-0.2, 0) is 0 Å². The molecule has 0 radical (unpaired) electrons. The third-order valence-corrected chi connectivity index (χ3v) is 6.21. The van der Waals surface area contributed by atoms with Crippen LogP contribution in [0.1, 0.15) is 18.5 Å². The summed E-state index contributed by atoms with van der Waals surface area (Å²) in [7, 11) is 6.05. The van der Waals surface area contributed by atoms with Gasteiger partial charge in [-0.15, -0.1) is 0 Å². The Kier molecular flexibility index (Phi) is 6.02. The van der Waals surface area contributed by atoms with E-state index in [-0.39, 0.29) is 0 Å². The van der Waals surface area contributed by atoms with Gasteiger partial charge in [-0.2, -0.15) is 5.10 Å². The molecule has 0 amide bonds. The van der Waals surface area contributed by atoms with E-state index in [0.717, 1.165) is 64.8 Å². The summed E-state index contributed by atoms with van der Waals surface area (Å²) in [5, 5.41) is 8.36. The number of H-pyrrole nitrogens is 1. The Morgan fingerprint density at radius 3 is 2.47 bits per heavy atom. The number of hydrogen-bond acceptors (Lipinski definition) is 4. The molecule has 0 aliphatic carbocycles. The standard InChI is InChI=1S/C24H29ClN4O/c1-16-14-20(27-26-16)24-22(30-4)9-8-21(23(24)17-6-5-7-18(25)15-17)29-12-10-19(11-13-29)28(2)3/h5-9,14-15,19H,10-13H2,1-4H3,(H,26,27). The lowest BCUT2D eigenvalue weighted by Crippen LogP contribution is -2.42. The number of nitrogens with one attached hydrogen (secondary N) is 1. The fourth-order valence-electron chi connectivity index (χ4n) is 4.37. The second-order valence-electron chi connectivity index (χ2n) is 8.17. The number of benzene rings is 2. The number of hydrogen-bond donors (Lipinski definition) is 1. The molecule has 0 spiro atoms. The van der Waals surface area contributed by atoms with Crippen LogP contribution in [0.2, 0.25) is 5.02 Å². The van der Waals surface area contributed by atoms with Gasteiger partial charge >= 0.3 is 0 Å². The minimum Gasteiger partial charge on any atom is -0.496 e. The molecule has 0 unspecified atom stereocenters. The monoisotopic (exact) mass is 424 g/mol. The Bertz CT molecular complexity index is 1020. The average molecular weight is 425 g/mol. The number of aromatic amines is 1. The van der Waals surface area contributed by atoms with Gasteiger partial charge in [-0.05, 0) is 69.8 Å². The van der Waals surface area contributed by atoms with Crippen LogP contribution in [0.25, 0.3) is 22.4 Å². The molecule has 1 N–H and O–H groups in total. The third-order valence-electron chi connectivity index (χ3n) is 5.98. The molecule has 1 saturated heterocycles. The summed E-state index contributed by atoms with van der Waals surface area (Å²) in [4.78, 5) is 4.82. The topological polar surface area (TPSA) is 44.4 Å². The lowest BCUT2D eigenvalue weighted by molar-refractivity contribution is 0.250. The summed E-state index contributed by atoms with van der Waals surface area (Å²) in [5.41, 5.74) is 6.28. The molecule has 6 heteroatoms. The summed E-state index contributed by atoms with van der Waals surface area (Å²) in [6.07, 6.45) is 2.29. The number of halogens is 1. The van der Waals surface area contributed by atoms with Gasteiger partial charge in [-0.1, -0.05) is 23.7 Å². The smallest absolute Gasteiger partial charge is 0.129 e. The highest BCUT2D eigenvalue weighted by Gasteiger charge is 2.26. The Labute approximate surface area is 183 Å². The van der Waals surface area contributed by atoms with Crippen molar-refractivity contribution in [2.45, 2.75) is 25.8 Å². The average Bonchev–Trinajstić information content (AvgIpc) is 3.18. The summed E-state index contributed by atoms with van der Waals surface area (Å²) in [5.74, 6) is 0.809. The van der Waals surface area contributed by atoms with E-state index in [2.05, 4.69) is 58.4 Å². The maximum Gasteiger partial charge on any atom is 0.129 e. The van der Waals surface area contributed by atoms with E-state index in [1.54, 1.807) is 7.11 Å². The van der Waals surface area contributed by atoms with Gasteiger partial charge in [0.05, 0.1) is 18.4 Å². The largest absolute Gasteiger partial charge is 0.496 e. The molecule has 1 fully saturated rings. The maximum absolute atomic E-state index is 6.39. The highest BCUT2D eigenvalue weighted by atomic mass is 35.5. The number of rotatable bonds is 5. The van der Waals surface area contributed by atoms with Gasteiger partial charge in [-0.25, -0.2) is 0 Å². The van der Waals surface area contributed by atoms with Gasteiger partial charge in [0.15, 0.2) is 0 Å². The van der Waals surface area contributed by atoms with Crippen LogP contribution in [-0.4, -0.2) is 55.4 Å². The Balaban J connectivity index is 1.88. The van der Waals surface area contributed by atoms with Gasteiger partial charge in [0, 0.05) is 41.1 Å². The van der Waals surface area contributed by atoms with Crippen molar-refractivity contribution in [1.29, 1.82) is 0 Å². The zero-order valence-corrected chi connectivity index (χ0v) is 18.8. The highest BCUT2D eigenvalue weighted by Crippen LogP contribution is 2.45. The Morgan fingerprint density at radius 1 is 1.10 bits per heavy atom. The van der Waals surface area contributed by atoms with Gasteiger partial charge in [0.25, 0.3) is 0 Å². The molecule has 1 aliphatic heterocycles. The zero-order chi connectivity index (χ0) is 21.3. The van der Waals surface area contributed by atoms with E-state index in [4.69, 9.17) is 16.3 Å². The van der Waals surface area contributed by atoms with E-state index in [0.29, 0.717) is 6.04 Å². The first-order chi connectivity index (χ1) is 14.5. The molecule has 0 saturated carbocycles. The minimum atomic E-state index is 0.627. The van der Waals surface area contributed by atoms with Crippen LogP contribution >= 0.6 is 11.6 Å². The van der Waals surface area contributed by atoms with E-state index >= 15 is 0 Å².